The van der Waals surface area contributed by atoms with E-state index in [-0.39, 0.29) is 17.5 Å². The van der Waals surface area contributed by atoms with Crippen LogP contribution in [0.2, 0.25) is 0 Å². The third kappa shape index (κ3) is 4.08. The molecule has 0 radical (unpaired) electrons. The maximum absolute atomic E-state index is 14.0. The molecule has 1 aliphatic carbocycles. The smallest absolute Gasteiger partial charge is 0.267 e. The lowest BCUT2D eigenvalue weighted by molar-refractivity contribution is 0.509. The number of aromatic nitrogens is 5. The summed E-state index contributed by atoms with van der Waals surface area (Å²) in [7, 11) is 0. The van der Waals surface area contributed by atoms with E-state index in [1.54, 1.807) is 15.9 Å². The fraction of sp³-hybridized carbons (Fsp3) is 0.348. The van der Waals surface area contributed by atoms with Gasteiger partial charge in [-0.15, -0.1) is 11.3 Å². The van der Waals surface area contributed by atoms with E-state index in [1.807, 2.05) is 32.0 Å². The molecule has 1 aromatic carbocycles. The largest absolute Gasteiger partial charge is 0.368 e. The first-order valence-corrected chi connectivity index (χ1v) is 12.6. The Morgan fingerprint density at radius 1 is 1.15 bits per heavy atom. The average Bonchev–Trinajstić information content (AvgIpc) is 3.11. The molecule has 4 N–H and O–H groups in total. The summed E-state index contributed by atoms with van der Waals surface area (Å²) in [6.07, 6.45) is 3.03. The topological polar surface area (TPSA) is 126 Å². The SMILES string of the molecule is Cc1ccc(C)c(-n2c(SCc3nc(N)nc(N)n3)nc3sc4c(c3c2=O)CCC(C)C4)c1. The van der Waals surface area contributed by atoms with Crippen LogP contribution in [0.3, 0.4) is 0 Å². The fourth-order valence-corrected chi connectivity index (χ4v) is 6.58. The molecule has 0 bridgehead atoms. The molecule has 8 nitrogen and oxygen atoms in total. The molecule has 1 unspecified atom stereocenters. The predicted octanol–water partition coefficient (Wildman–Crippen LogP) is 3.83. The standard InChI is InChI=1S/C23H25N7OS2/c1-11-4-6-13(3)15(8-11)30-20(31)18-14-7-5-12(2)9-16(14)33-19(18)28-23(30)32-10-17-26-21(24)29-22(25)27-17/h4,6,8,12H,5,7,9-10H2,1-3H3,(H4,24,25,26,27,29). The molecule has 0 fully saturated rings. The van der Waals surface area contributed by atoms with Crippen LogP contribution < -0.4 is 17.0 Å². The van der Waals surface area contributed by atoms with Crippen LogP contribution in [-0.4, -0.2) is 24.5 Å². The highest BCUT2D eigenvalue weighted by Gasteiger charge is 2.25. The van der Waals surface area contributed by atoms with Crippen LogP contribution in [0.25, 0.3) is 15.9 Å². The van der Waals surface area contributed by atoms with Gasteiger partial charge >= 0.3 is 0 Å². The van der Waals surface area contributed by atoms with E-state index in [4.69, 9.17) is 16.5 Å². The molecule has 3 aromatic heterocycles. The quantitative estimate of drug-likeness (QED) is 0.334. The van der Waals surface area contributed by atoms with Crippen LogP contribution in [0.1, 0.15) is 40.7 Å². The predicted molar refractivity (Wildman–Crippen MR) is 134 cm³/mol. The molecule has 4 aromatic rings. The Morgan fingerprint density at radius 2 is 1.91 bits per heavy atom. The molecular formula is C23H25N7OS2. The molecule has 5 rings (SSSR count). The van der Waals surface area contributed by atoms with E-state index in [0.29, 0.717) is 22.7 Å². The Kier molecular flexibility index (Phi) is 5.57. The third-order valence-corrected chi connectivity index (χ3v) is 8.03. The summed E-state index contributed by atoms with van der Waals surface area (Å²) in [6.45, 7) is 6.30. The van der Waals surface area contributed by atoms with Crippen molar-refractivity contribution in [2.24, 2.45) is 5.92 Å². The Bertz CT molecular complexity index is 1420. The molecule has 0 amide bonds. The van der Waals surface area contributed by atoms with Crippen molar-refractivity contribution in [3.63, 3.8) is 0 Å². The maximum Gasteiger partial charge on any atom is 0.267 e. The monoisotopic (exact) mass is 479 g/mol. The molecule has 0 saturated heterocycles. The van der Waals surface area contributed by atoms with Crippen LogP contribution in [0, 0.1) is 19.8 Å². The number of thiophene rings is 1. The zero-order valence-corrected chi connectivity index (χ0v) is 20.4. The van der Waals surface area contributed by atoms with Crippen LogP contribution in [0.15, 0.2) is 28.2 Å². The van der Waals surface area contributed by atoms with E-state index >= 15 is 0 Å². The van der Waals surface area contributed by atoms with Crippen LogP contribution in [0.5, 0.6) is 0 Å². The molecule has 1 aliphatic rings. The first-order chi connectivity index (χ1) is 15.8. The summed E-state index contributed by atoms with van der Waals surface area (Å²) in [6, 6.07) is 6.12. The number of aryl methyl sites for hydroxylation is 3. The van der Waals surface area contributed by atoms with Gasteiger partial charge in [-0.05, 0) is 61.8 Å². The van der Waals surface area contributed by atoms with Gasteiger partial charge in [-0.1, -0.05) is 30.8 Å². The highest BCUT2D eigenvalue weighted by molar-refractivity contribution is 7.98. The molecular weight excluding hydrogens is 454 g/mol. The van der Waals surface area contributed by atoms with Crippen molar-refractivity contribution >= 4 is 45.2 Å². The van der Waals surface area contributed by atoms with E-state index in [1.165, 1.54) is 22.2 Å². The van der Waals surface area contributed by atoms with Gasteiger partial charge in [-0.2, -0.15) is 15.0 Å². The van der Waals surface area contributed by atoms with Crippen molar-refractivity contribution < 1.29 is 0 Å². The van der Waals surface area contributed by atoms with Crippen LogP contribution in [-0.2, 0) is 18.6 Å². The number of nitrogen functional groups attached to an aromatic ring is 2. The second-order valence-electron chi connectivity index (χ2n) is 8.61. The second-order valence-corrected chi connectivity index (χ2v) is 10.6. The van der Waals surface area contributed by atoms with Gasteiger partial charge < -0.3 is 11.5 Å². The molecule has 0 aliphatic heterocycles. The Labute approximate surface area is 199 Å². The van der Waals surface area contributed by atoms with Gasteiger partial charge in [0.2, 0.25) is 11.9 Å². The first kappa shape index (κ1) is 21.8. The van der Waals surface area contributed by atoms with Gasteiger partial charge in [0.1, 0.15) is 10.7 Å². The number of benzene rings is 1. The second kappa shape index (κ2) is 8.42. The summed E-state index contributed by atoms with van der Waals surface area (Å²) < 4.78 is 1.74. The van der Waals surface area contributed by atoms with Crippen LogP contribution in [0.4, 0.5) is 11.9 Å². The zero-order valence-electron chi connectivity index (χ0n) is 18.8. The minimum atomic E-state index is -0.0158. The number of rotatable bonds is 4. The molecule has 3 heterocycles. The summed E-state index contributed by atoms with van der Waals surface area (Å²) in [5, 5.41) is 1.37. The number of thioether (sulfide) groups is 1. The van der Waals surface area contributed by atoms with Gasteiger partial charge in [0.15, 0.2) is 5.16 Å². The molecule has 0 spiro atoms. The first-order valence-electron chi connectivity index (χ1n) is 10.8. The zero-order chi connectivity index (χ0) is 23.3. The van der Waals surface area contributed by atoms with Crippen molar-refractivity contribution in [3.05, 3.63) is 55.9 Å². The number of hydrogen-bond donors (Lipinski definition) is 2. The van der Waals surface area contributed by atoms with Gasteiger partial charge in [-0.25, -0.2) is 4.98 Å². The lowest BCUT2D eigenvalue weighted by atomic mass is 9.89. The lowest BCUT2D eigenvalue weighted by Gasteiger charge is -2.18. The van der Waals surface area contributed by atoms with Crippen molar-refractivity contribution in [2.45, 2.75) is 50.9 Å². The molecule has 1 atom stereocenters. The Morgan fingerprint density at radius 3 is 2.67 bits per heavy atom. The molecule has 0 saturated carbocycles. The number of nitrogens with zero attached hydrogens (tertiary/aromatic N) is 5. The maximum atomic E-state index is 14.0. The summed E-state index contributed by atoms with van der Waals surface area (Å²) in [5.41, 5.74) is 15.6. The highest BCUT2D eigenvalue weighted by Crippen LogP contribution is 2.37. The highest BCUT2D eigenvalue weighted by atomic mass is 32.2. The van der Waals surface area contributed by atoms with Crippen LogP contribution >= 0.6 is 23.1 Å². The van der Waals surface area contributed by atoms with E-state index in [2.05, 4.69) is 21.9 Å². The number of fused-ring (bicyclic) bond motifs is 3. The van der Waals surface area contributed by atoms with Gasteiger partial charge in [0.25, 0.3) is 5.56 Å². The van der Waals surface area contributed by atoms with Crippen molar-refractivity contribution in [1.82, 2.24) is 24.5 Å². The number of hydrogen-bond acceptors (Lipinski definition) is 9. The van der Waals surface area contributed by atoms with E-state index < -0.39 is 0 Å². The number of nitrogens with two attached hydrogens (primary N) is 2. The Balaban J connectivity index is 1.69. The summed E-state index contributed by atoms with van der Waals surface area (Å²) >= 11 is 3.05. The average molecular weight is 480 g/mol. The minimum Gasteiger partial charge on any atom is -0.368 e. The normalized spacial score (nSPS) is 15.7. The van der Waals surface area contributed by atoms with Crippen molar-refractivity contribution in [1.29, 1.82) is 0 Å². The lowest BCUT2D eigenvalue weighted by Crippen LogP contribution is -2.23. The van der Waals surface area contributed by atoms with Gasteiger partial charge in [0, 0.05) is 4.88 Å². The number of anilines is 2. The summed E-state index contributed by atoms with van der Waals surface area (Å²) in [4.78, 5) is 33.2. The fourth-order valence-electron chi connectivity index (χ4n) is 4.29. The van der Waals surface area contributed by atoms with E-state index in [0.717, 1.165) is 46.3 Å². The molecule has 170 valence electrons. The molecule has 33 heavy (non-hydrogen) atoms. The molecule has 10 heteroatoms. The summed E-state index contributed by atoms with van der Waals surface area (Å²) in [5.74, 6) is 1.59. The van der Waals surface area contributed by atoms with Crippen molar-refractivity contribution in [2.75, 3.05) is 11.5 Å². The van der Waals surface area contributed by atoms with E-state index in [9.17, 15) is 4.79 Å². The minimum absolute atomic E-state index is 0.0158. The van der Waals surface area contributed by atoms with Crippen molar-refractivity contribution in [3.8, 4) is 5.69 Å². The Hall–Kier alpha value is -2.98. The third-order valence-electron chi connectivity index (χ3n) is 5.95. The van der Waals surface area contributed by atoms with Gasteiger partial charge in [-0.3, -0.25) is 9.36 Å². The van der Waals surface area contributed by atoms with Gasteiger partial charge in [0.05, 0.1) is 16.8 Å².